The van der Waals surface area contributed by atoms with E-state index >= 15 is 0 Å². The van der Waals surface area contributed by atoms with E-state index in [9.17, 15) is 13.6 Å². The third kappa shape index (κ3) is 7.20. The third-order valence-corrected chi connectivity index (χ3v) is 5.75. The Labute approximate surface area is 218 Å². The van der Waals surface area contributed by atoms with Crippen LogP contribution in [0.4, 0.5) is 26.1 Å². The van der Waals surface area contributed by atoms with Crippen molar-refractivity contribution in [2.75, 3.05) is 44.0 Å². The van der Waals surface area contributed by atoms with E-state index < -0.39 is 17.5 Å². The highest BCUT2D eigenvalue weighted by molar-refractivity contribution is 5.93. The van der Waals surface area contributed by atoms with Gasteiger partial charge in [-0.15, -0.1) is 0 Å². The minimum absolute atomic E-state index is 0.117. The molecule has 0 bridgehead atoms. The first-order chi connectivity index (χ1) is 18.4. The summed E-state index contributed by atoms with van der Waals surface area (Å²) in [6.45, 7) is 2.29. The number of aliphatic hydroxyl groups is 1. The summed E-state index contributed by atoms with van der Waals surface area (Å²) >= 11 is 0. The van der Waals surface area contributed by atoms with Crippen LogP contribution in [0.25, 0.3) is 10.9 Å². The van der Waals surface area contributed by atoms with Crippen LogP contribution in [0.5, 0.6) is 5.75 Å². The number of benzene rings is 2. The van der Waals surface area contributed by atoms with Crippen LogP contribution in [0.15, 0.2) is 48.8 Å². The number of amides is 1. The molecule has 0 fully saturated rings. The summed E-state index contributed by atoms with van der Waals surface area (Å²) in [7, 11) is 1.98. The lowest BCUT2D eigenvalue weighted by molar-refractivity contribution is -0.115. The van der Waals surface area contributed by atoms with Gasteiger partial charge < -0.3 is 25.4 Å². The van der Waals surface area contributed by atoms with Crippen molar-refractivity contribution in [3.63, 3.8) is 0 Å². The molecule has 4 aromatic rings. The van der Waals surface area contributed by atoms with Crippen molar-refractivity contribution in [1.82, 2.24) is 25.1 Å². The van der Waals surface area contributed by atoms with Gasteiger partial charge in [-0.2, -0.15) is 5.10 Å². The fourth-order valence-corrected chi connectivity index (χ4v) is 3.79. The minimum Gasteiger partial charge on any atom is -0.494 e. The molecule has 0 aliphatic heterocycles. The Morgan fingerprint density at radius 3 is 2.84 bits per heavy atom. The van der Waals surface area contributed by atoms with E-state index in [4.69, 9.17) is 9.84 Å². The number of rotatable bonds is 13. The number of ether oxygens (including phenoxy) is 1. The molecular weight excluding hydrogens is 496 g/mol. The van der Waals surface area contributed by atoms with E-state index in [0.29, 0.717) is 41.7 Å². The monoisotopic (exact) mass is 525 g/mol. The van der Waals surface area contributed by atoms with Gasteiger partial charge in [-0.05, 0) is 50.7 Å². The molecule has 0 radical (unpaired) electrons. The summed E-state index contributed by atoms with van der Waals surface area (Å²) in [5.41, 5.74) is 0.933. The lowest BCUT2D eigenvalue weighted by Crippen LogP contribution is -2.23. The van der Waals surface area contributed by atoms with E-state index in [2.05, 4.69) is 35.7 Å². The summed E-state index contributed by atoms with van der Waals surface area (Å²) in [5.74, 6) is -1.02. The Hall–Kier alpha value is -4.16. The summed E-state index contributed by atoms with van der Waals surface area (Å²) < 4.78 is 33.0. The molecule has 2 aromatic heterocycles. The van der Waals surface area contributed by atoms with Gasteiger partial charge in [0.2, 0.25) is 5.91 Å². The van der Waals surface area contributed by atoms with Crippen LogP contribution in [0.1, 0.15) is 18.5 Å². The molecule has 200 valence electrons. The molecule has 0 unspecified atom stereocenters. The highest BCUT2D eigenvalue weighted by Gasteiger charge is 2.13. The van der Waals surface area contributed by atoms with Crippen LogP contribution >= 0.6 is 0 Å². The van der Waals surface area contributed by atoms with Crippen LogP contribution in [0.2, 0.25) is 0 Å². The van der Waals surface area contributed by atoms with Crippen molar-refractivity contribution in [3.8, 4) is 5.75 Å². The number of anilines is 3. The maximum absolute atomic E-state index is 13.8. The van der Waals surface area contributed by atoms with E-state index in [1.807, 2.05) is 25.2 Å². The van der Waals surface area contributed by atoms with Gasteiger partial charge in [0.1, 0.15) is 17.9 Å². The number of unbranched alkanes of at least 4 members (excludes halogenated alkanes) is 1. The highest BCUT2D eigenvalue weighted by atomic mass is 19.2. The molecule has 0 atom stereocenters. The van der Waals surface area contributed by atoms with Gasteiger partial charge in [0.15, 0.2) is 17.5 Å². The van der Waals surface area contributed by atoms with Crippen molar-refractivity contribution in [2.45, 2.75) is 19.3 Å². The normalized spacial score (nSPS) is 11.2. The van der Waals surface area contributed by atoms with Gasteiger partial charge in [0.05, 0.1) is 30.8 Å². The molecule has 0 aliphatic rings. The van der Waals surface area contributed by atoms with Crippen LogP contribution in [0, 0.1) is 11.6 Å². The number of likely N-dealkylation sites (N-methyl/N-ethyl adjacent to an activating group) is 1. The number of nitrogens with zero attached hydrogens (tertiary/aromatic N) is 4. The molecule has 0 saturated heterocycles. The van der Waals surface area contributed by atoms with E-state index in [1.54, 1.807) is 6.07 Å². The molecule has 2 heterocycles. The molecule has 2 aromatic carbocycles. The Bertz CT molecular complexity index is 1380. The Morgan fingerprint density at radius 2 is 2.00 bits per heavy atom. The zero-order valence-corrected chi connectivity index (χ0v) is 20.9. The number of carbonyl (C=O) groups excluding carboxylic acids is 1. The maximum atomic E-state index is 13.8. The Balaban J connectivity index is 1.32. The average molecular weight is 526 g/mol. The van der Waals surface area contributed by atoms with Gasteiger partial charge in [0.25, 0.3) is 0 Å². The number of H-pyrrole nitrogens is 1. The van der Waals surface area contributed by atoms with Crippen molar-refractivity contribution in [3.05, 3.63) is 66.1 Å². The average Bonchev–Trinajstić information content (AvgIpc) is 3.33. The zero-order valence-electron chi connectivity index (χ0n) is 20.9. The largest absolute Gasteiger partial charge is 0.494 e. The molecule has 10 nitrogen and oxygen atoms in total. The molecule has 12 heteroatoms. The standard InChI is InChI=1S/C26H29F2N7O3/c1-35(10-11-36)9-2-3-12-38-18-7-8-19-22(15-18)29-16-30-26(19)32-23-13-17(33-34-23)14-24(37)31-21-6-4-5-20(27)25(21)28/h4-8,13,15-16,36H,2-3,9-12,14H2,1H3,(H,31,37)(H2,29,30,32,33,34). The van der Waals surface area contributed by atoms with Crippen molar-refractivity contribution < 1.29 is 23.4 Å². The highest BCUT2D eigenvalue weighted by Crippen LogP contribution is 2.26. The van der Waals surface area contributed by atoms with Crippen LogP contribution in [-0.4, -0.2) is 69.4 Å². The number of nitrogens with one attached hydrogen (secondary N) is 3. The van der Waals surface area contributed by atoms with Gasteiger partial charge in [0, 0.05) is 29.8 Å². The molecule has 1 amide bonds. The summed E-state index contributed by atoms with van der Waals surface area (Å²) in [6, 6.07) is 10.8. The first-order valence-corrected chi connectivity index (χ1v) is 12.1. The topological polar surface area (TPSA) is 128 Å². The fraction of sp³-hybridized carbons (Fsp3) is 0.308. The SMILES string of the molecule is CN(CCO)CCCCOc1ccc2c(Nc3cc(CC(=O)Nc4cccc(F)c4F)[nH]n3)ncnc2c1. The number of halogens is 2. The van der Waals surface area contributed by atoms with Crippen molar-refractivity contribution in [2.24, 2.45) is 0 Å². The van der Waals surface area contributed by atoms with Crippen LogP contribution in [0.3, 0.4) is 0 Å². The quantitative estimate of drug-likeness (QED) is 0.195. The summed E-state index contributed by atoms with van der Waals surface area (Å²) in [5, 5.41) is 22.1. The van der Waals surface area contributed by atoms with Crippen molar-refractivity contribution >= 4 is 34.1 Å². The number of aromatic amines is 1. The van der Waals surface area contributed by atoms with Crippen LogP contribution < -0.4 is 15.4 Å². The maximum Gasteiger partial charge on any atom is 0.230 e. The molecule has 38 heavy (non-hydrogen) atoms. The van der Waals surface area contributed by atoms with Gasteiger partial charge in [-0.1, -0.05) is 6.07 Å². The zero-order chi connectivity index (χ0) is 26.9. The second-order valence-electron chi connectivity index (χ2n) is 8.71. The van der Waals surface area contributed by atoms with E-state index in [1.165, 1.54) is 18.5 Å². The molecule has 0 saturated carbocycles. The second-order valence-corrected chi connectivity index (χ2v) is 8.71. The Morgan fingerprint density at radius 1 is 1.13 bits per heavy atom. The predicted molar refractivity (Wildman–Crippen MR) is 139 cm³/mol. The van der Waals surface area contributed by atoms with E-state index in [-0.39, 0.29) is 18.7 Å². The molecule has 4 N–H and O–H groups in total. The molecular formula is C26H29F2N7O3. The number of carbonyl (C=O) groups is 1. The first kappa shape index (κ1) is 26.9. The number of hydrogen-bond acceptors (Lipinski definition) is 8. The summed E-state index contributed by atoms with van der Waals surface area (Å²) in [4.78, 5) is 23.0. The predicted octanol–water partition coefficient (Wildman–Crippen LogP) is 3.64. The van der Waals surface area contributed by atoms with Crippen molar-refractivity contribution in [1.29, 1.82) is 0 Å². The van der Waals surface area contributed by atoms with Gasteiger partial charge in [-0.25, -0.2) is 18.7 Å². The number of aromatic nitrogens is 4. The third-order valence-electron chi connectivity index (χ3n) is 5.75. The first-order valence-electron chi connectivity index (χ1n) is 12.1. The minimum atomic E-state index is -1.11. The lowest BCUT2D eigenvalue weighted by atomic mass is 10.2. The summed E-state index contributed by atoms with van der Waals surface area (Å²) in [6.07, 6.45) is 3.17. The van der Waals surface area contributed by atoms with E-state index in [0.717, 1.165) is 30.8 Å². The Kier molecular flexibility index (Phi) is 9.11. The molecule has 0 spiro atoms. The molecule has 4 rings (SSSR count). The second kappa shape index (κ2) is 12.9. The molecule has 0 aliphatic carbocycles. The number of fused-ring (bicyclic) bond motifs is 1. The smallest absolute Gasteiger partial charge is 0.230 e. The number of hydrogen-bond donors (Lipinski definition) is 4. The lowest BCUT2D eigenvalue weighted by Gasteiger charge is -2.14. The fourth-order valence-electron chi connectivity index (χ4n) is 3.79. The van der Waals surface area contributed by atoms with Crippen LogP contribution in [-0.2, 0) is 11.2 Å². The van der Waals surface area contributed by atoms with Gasteiger partial charge >= 0.3 is 0 Å². The van der Waals surface area contributed by atoms with Gasteiger partial charge in [-0.3, -0.25) is 9.89 Å². The number of aliphatic hydroxyl groups excluding tert-OH is 1.